The standard InChI is InChI=1S/C47H70O14/c1-26-10-11-32-34(22-37(54-32)47(52)39(49)28(3)14-20-53-47)55-41(51)29(4)31-9-8-15-45(56-31)17-12-33(57-45)40(50)44(7)24-30(48)38(60-44)35-25-43(6)18-19-46(58-35,61-43)36-13-16-42(5,59-36)23-27(2)21-26/h10-11,21,27-29,31-40,49-50,52H,8-9,12-20,22-25H2,1-7H3/b11-10-,26-21-/t27-,28+,29+,31-,32+,33-,34+,35+,36+,37-,38-,39+,40-,42+,43-,44+,45+,46-,47+/m0/s1. The van der Waals surface area contributed by atoms with Crippen molar-refractivity contribution in [1.29, 1.82) is 0 Å². The van der Waals surface area contributed by atoms with E-state index in [0.29, 0.717) is 44.9 Å². The van der Waals surface area contributed by atoms with Gasteiger partial charge in [-0.15, -0.1) is 0 Å². The van der Waals surface area contributed by atoms with Crippen molar-refractivity contribution in [2.45, 2.75) is 234 Å². The predicted molar refractivity (Wildman–Crippen MR) is 218 cm³/mol. The number of allylic oxidation sites excluding steroid dienone is 3. The minimum Gasteiger partial charge on any atom is -0.459 e. The topological polar surface area (TPSA) is 178 Å². The minimum atomic E-state index is -1.95. The molecule has 14 nitrogen and oxygen atoms in total. The van der Waals surface area contributed by atoms with E-state index in [1.165, 1.54) is 0 Å². The van der Waals surface area contributed by atoms with Gasteiger partial charge in [0.15, 0.2) is 17.4 Å². The highest BCUT2D eigenvalue weighted by molar-refractivity contribution is 5.86. The summed E-state index contributed by atoms with van der Waals surface area (Å²) in [5, 5.41) is 34.8. The molecule has 0 aromatic carbocycles. The molecule has 10 bridgehead atoms. The van der Waals surface area contributed by atoms with E-state index in [0.717, 1.165) is 37.7 Å². The highest BCUT2D eigenvalue weighted by atomic mass is 16.8. The smallest absolute Gasteiger partial charge is 0.311 e. The molecular formula is C47H70O14. The van der Waals surface area contributed by atoms with Gasteiger partial charge in [-0.1, -0.05) is 37.6 Å². The van der Waals surface area contributed by atoms with Gasteiger partial charge >= 0.3 is 5.97 Å². The van der Waals surface area contributed by atoms with Crippen LogP contribution >= 0.6 is 0 Å². The SMILES string of the molecule is CC1=C/[C@H](C)C[C@@]2(C)CC[C@@H](O2)[C@@]23CC[C@@](C)(C[C@@H](O2)[C@H]2O[C@](C)(CC2=O)[C@@H](O)[C@@H]2CC[C@@]4(CCC[C@H](O4)[C@@H](C)C(=O)O[C@@H]4C[C@@H]([C@@]5(O)OCC[C@@H](C)[C@H]5O)O[C@@H]4/C=C\1)O2)O3. The van der Waals surface area contributed by atoms with Gasteiger partial charge in [0.25, 0.3) is 0 Å². The maximum Gasteiger partial charge on any atom is 0.311 e. The van der Waals surface area contributed by atoms with Gasteiger partial charge in [-0.05, 0) is 97.8 Å². The van der Waals surface area contributed by atoms with E-state index >= 15 is 0 Å². The van der Waals surface area contributed by atoms with E-state index in [-0.39, 0.29) is 43.2 Å². The summed E-state index contributed by atoms with van der Waals surface area (Å²) in [7, 11) is 0. The molecule has 0 aromatic rings. The third-order valence-electron chi connectivity index (χ3n) is 15.9. The molecular weight excluding hydrogens is 789 g/mol. The maximum absolute atomic E-state index is 14.1. The first-order valence-corrected chi connectivity index (χ1v) is 23.3. The zero-order valence-electron chi connectivity index (χ0n) is 37.2. The molecule has 3 N–H and O–H groups in total. The van der Waals surface area contributed by atoms with Crippen molar-refractivity contribution < 1.29 is 67.5 Å². The molecule has 2 spiro atoms. The van der Waals surface area contributed by atoms with E-state index < -0.39 is 101 Å². The fourth-order valence-electron chi connectivity index (χ4n) is 12.5. The number of ketones is 1. The van der Waals surface area contributed by atoms with Gasteiger partial charge in [0.05, 0.1) is 42.0 Å². The quantitative estimate of drug-likeness (QED) is 0.291. The fourth-order valence-corrected chi connectivity index (χ4v) is 12.5. The molecule has 19 atom stereocenters. The van der Waals surface area contributed by atoms with Gasteiger partial charge in [0.1, 0.15) is 48.3 Å². The van der Waals surface area contributed by atoms with Crippen molar-refractivity contribution in [3.63, 3.8) is 0 Å². The summed E-state index contributed by atoms with van der Waals surface area (Å²) in [5.74, 6) is -5.28. The first-order chi connectivity index (χ1) is 28.7. The summed E-state index contributed by atoms with van der Waals surface area (Å²) in [5.41, 5.74) is -1.17. The molecule has 14 heteroatoms. The van der Waals surface area contributed by atoms with Crippen molar-refractivity contribution >= 4 is 11.8 Å². The molecule has 0 unspecified atom stereocenters. The van der Waals surface area contributed by atoms with Crippen molar-refractivity contribution in [2.75, 3.05) is 6.61 Å². The van der Waals surface area contributed by atoms with Gasteiger partial charge in [-0.25, -0.2) is 0 Å². The average Bonchev–Trinajstić information content (AvgIpc) is 4.02. The number of hydrogen-bond acceptors (Lipinski definition) is 14. The zero-order valence-corrected chi connectivity index (χ0v) is 37.2. The molecule has 0 radical (unpaired) electrons. The maximum atomic E-state index is 14.1. The largest absolute Gasteiger partial charge is 0.459 e. The van der Waals surface area contributed by atoms with Crippen LogP contribution in [0.4, 0.5) is 0 Å². The van der Waals surface area contributed by atoms with Gasteiger partial charge < -0.3 is 58.0 Å². The number of aliphatic hydroxyl groups is 3. The fraction of sp³-hybridized carbons (Fsp3) is 0.872. The Hall–Kier alpha value is -1.82. The molecule has 342 valence electrons. The van der Waals surface area contributed by atoms with E-state index in [1.807, 2.05) is 26.0 Å². The van der Waals surface area contributed by atoms with Crippen LogP contribution in [0.3, 0.4) is 0 Å². The second kappa shape index (κ2) is 16.0. The Bertz CT molecular complexity index is 1750. The number of ether oxygens (including phenoxy) is 9. The molecule has 8 fully saturated rings. The molecule has 9 aliphatic rings. The third-order valence-corrected chi connectivity index (χ3v) is 15.9. The second-order valence-corrected chi connectivity index (χ2v) is 21.3. The summed E-state index contributed by atoms with van der Waals surface area (Å²) in [6.07, 6.45) is 6.36. The van der Waals surface area contributed by atoms with Gasteiger partial charge in [0.2, 0.25) is 5.79 Å². The van der Waals surface area contributed by atoms with Crippen LogP contribution in [-0.4, -0.2) is 129 Å². The van der Waals surface area contributed by atoms with E-state index in [1.54, 1.807) is 13.8 Å². The summed E-state index contributed by atoms with van der Waals surface area (Å²) in [6.45, 7) is 14.1. The number of rotatable bonds is 1. The van der Waals surface area contributed by atoms with Crippen molar-refractivity contribution in [3.05, 3.63) is 23.8 Å². The number of aliphatic hydroxyl groups excluding tert-OH is 2. The first kappa shape index (κ1) is 44.4. The third kappa shape index (κ3) is 8.14. The number of fused-ring (bicyclic) bond motifs is 10. The van der Waals surface area contributed by atoms with Crippen LogP contribution in [0, 0.1) is 17.8 Å². The van der Waals surface area contributed by atoms with Crippen molar-refractivity contribution in [3.8, 4) is 0 Å². The van der Waals surface area contributed by atoms with Crippen molar-refractivity contribution in [1.82, 2.24) is 0 Å². The lowest BCUT2D eigenvalue weighted by atomic mass is 9.87. The Labute approximate surface area is 360 Å². The normalized spacial score (nSPS) is 55.7. The molecule has 8 saturated heterocycles. The van der Waals surface area contributed by atoms with Gasteiger partial charge in [0, 0.05) is 38.5 Å². The minimum absolute atomic E-state index is 0.0222. The lowest BCUT2D eigenvalue weighted by molar-refractivity contribution is -0.359. The van der Waals surface area contributed by atoms with Gasteiger partial charge in [-0.3, -0.25) is 9.59 Å². The molecule has 9 rings (SSSR count). The van der Waals surface area contributed by atoms with Crippen molar-refractivity contribution in [2.24, 2.45) is 17.8 Å². The molecule has 0 aromatic heterocycles. The number of Topliss-reactive ketones (excluding diaryl/α,β-unsaturated/α-hetero) is 1. The predicted octanol–water partition coefficient (Wildman–Crippen LogP) is 5.25. The van der Waals surface area contributed by atoms with Gasteiger partial charge in [-0.2, -0.15) is 0 Å². The summed E-state index contributed by atoms with van der Waals surface area (Å²) < 4.78 is 59.0. The molecule has 61 heavy (non-hydrogen) atoms. The second-order valence-electron chi connectivity index (χ2n) is 21.3. The Morgan fingerprint density at radius 3 is 2.34 bits per heavy atom. The Morgan fingerprint density at radius 1 is 0.754 bits per heavy atom. The van der Waals surface area contributed by atoms with Crippen LogP contribution in [-0.2, 0) is 52.2 Å². The summed E-state index contributed by atoms with van der Waals surface area (Å²) >= 11 is 0. The number of esters is 1. The molecule has 0 saturated carbocycles. The van der Waals surface area contributed by atoms with Crippen LogP contribution in [0.25, 0.3) is 0 Å². The molecule has 9 heterocycles. The van der Waals surface area contributed by atoms with Crippen LogP contribution < -0.4 is 0 Å². The van der Waals surface area contributed by atoms with Crippen LogP contribution in [0.2, 0.25) is 0 Å². The Balaban J connectivity index is 1.00. The first-order valence-electron chi connectivity index (χ1n) is 23.3. The number of carbonyl (C=O) groups excluding carboxylic acids is 2. The van der Waals surface area contributed by atoms with E-state index in [2.05, 4.69) is 26.8 Å². The highest BCUT2D eigenvalue weighted by Crippen LogP contribution is 2.55. The zero-order chi connectivity index (χ0) is 43.3. The highest BCUT2D eigenvalue weighted by Gasteiger charge is 2.65. The Morgan fingerprint density at radius 2 is 1.54 bits per heavy atom. The lowest BCUT2D eigenvalue weighted by Gasteiger charge is -2.47. The molecule has 9 aliphatic heterocycles. The van der Waals surface area contributed by atoms with E-state index in [4.69, 9.17) is 42.6 Å². The Kier molecular flexibility index (Phi) is 11.6. The number of hydrogen-bond donors (Lipinski definition) is 3. The summed E-state index contributed by atoms with van der Waals surface area (Å²) in [4.78, 5) is 28.0. The average molecular weight is 859 g/mol. The van der Waals surface area contributed by atoms with E-state index in [9.17, 15) is 24.9 Å². The molecule has 0 aliphatic carbocycles. The van der Waals surface area contributed by atoms with Crippen LogP contribution in [0.15, 0.2) is 23.8 Å². The summed E-state index contributed by atoms with van der Waals surface area (Å²) in [6, 6.07) is 0. The lowest BCUT2D eigenvalue weighted by Crippen LogP contribution is -2.59. The molecule has 0 amide bonds. The monoisotopic (exact) mass is 858 g/mol. The van der Waals surface area contributed by atoms with Crippen LogP contribution in [0.5, 0.6) is 0 Å². The van der Waals surface area contributed by atoms with Crippen LogP contribution in [0.1, 0.15) is 138 Å². The number of carbonyl (C=O) groups is 2.